The lowest BCUT2D eigenvalue weighted by molar-refractivity contribution is -0.116. The molecule has 0 aliphatic carbocycles. The van der Waals surface area contributed by atoms with Gasteiger partial charge >= 0.3 is 0 Å². The van der Waals surface area contributed by atoms with Gasteiger partial charge in [-0.3, -0.25) is 9.59 Å². The van der Waals surface area contributed by atoms with Crippen LogP contribution in [-0.2, 0) is 11.3 Å². The van der Waals surface area contributed by atoms with Crippen molar-refractivity contribution in [1.82, 2.24) is 14.7 Å². The number of anilines is 1. The standard InChI is InChI=1S/C22H14BrN5O3/c23-16-8-6-15(7-9-16)20-26-21(31-27-20)18-5-2-10-28(22(18)30)13-19(29)25-17-4-1-3-14(11-17)12-24/h1-11H,13H2,(H,25,29). The van der Waals surface area contributed by atoms with Gasteiger partial charge < -0.3 is 14.4 Å². The summed E-state index contributed by atoms with van der Waals surface area (Å²) in [7, 11) is 0. The molecule has 4 rings (SSSR count). The van der Waals surface area contributed by atoms with Crippen LogP contribution in [0.5, 0.6) is 0 Å². The summed E-state index contributed by atoms with van der Waals surface area (Å²) < 4.78 is 7.45. The molecule has 0 aliphatic heterocycles. The minimum Gasteiger partial charge on any atom is -0.333 e. The molecule has 0 radical (unpaired) electrons. The van der Waals surface area contributed by atoms with E-state index >= 15 is 0 Å². The van der Waals surface area contributed by atoms with Crippen molar-refractivity contribution >= 4 is 27.5 Å². The van der Waals surface area contributed by atoms with E-state index < -0.39 is 11.5 Å². The summed E-state index contributed by atoms with van der Waals surface area (Å²) >= 11 is 3.37. The fourth-order valence-corrected chi connectivity index (χ4v) is 3.16. The molecule has 0 aliphatic rings. The Kier molecular flexibility index (Phi) is 5.73. The molecule has 0 saturated heterocycles. The van der Waals surface area contributed by atoms with E-state index in [0.717, 1.165) is 10.0 Å². The molecule has 2 heterocycles. The molecule has 2 aromatic carbocycles. The van der Waals surface area contributed by atoms with Gasteiger partial charge in [-0.2, -0.15) is 10.2 Å². The van der Waals surface area contributed by atoms with Crippen molar-refractivity contribution in [3.05, 3.63) is 87.3 Å². The first kappa shape index (κ1) is 20.3. The van der Waals surface area contributed by atoms with Crippen molar-refractivity contribution in [3.8, 4) is 28.9 Å². The molecule has 0 spiro atoms. The third kappa shape index (κ3) is 4.60. The SMILES string of the molecule is N#Cc1cccc(NC(=O)Cn2cccc(-c3nc(-c4ccc(Br)cc4)no3)c2=O)c1. The Morgan fingerprint density at radius 2 is 1.97 bits per heavy atom. The van der Waals surface area contributed by atoms with Crippen molar-refractivity contribution in [3.63, 3.8) is 0 Å². The third-order valence-electron chi connectivity index (χ3n) is 4.37. The van der Waals surface area contributed by atoms with Crippen LogP contribution in [-0.4, -0.2) is 20.6 Å². The molecule has 9 heteroatoms. The van der Waals surface area contributed by atoms with E-state index in [2.05, 4.69) is 31.4 Å². The molecule has 31 heavy (non-hydrogen) atoms. The Bertz CT molecular complexity index is 1350. The average Bonchev–Trinajstić information content (AvgIpc) is 3.26. The molecule has 0 saturated carbocycles. The van der Waals surface area contributed by atoms with Crippen LogP contribution in [0.2, 0.25) is 0 Å². The third-order valence-corrected chi connectivity index (χ3v) is 4.90. The number of carbonyl (C=O) groups is 1. The lowest BCUT2D eigenvalue weighted by Gasteiger charge is -2.08. The predicted octanol–water partition coefficient (Wildman–Crippen LogP) is 3.84. The Morgan fingerprint density at radius 1 is 1.16 bits per heavy atom. The Labute approximate surface area is 184 Å². The number of pyridine rings is 1. The van der Waals surface area contributed by atoms with E-state index in [0.29, 0.717) is 17.1 Å². The summed E-state index contributed by atoms with van der Waals surface area (Å²) in [6.07, 6.45) is 1.50. The molecule has 0 atom stereocenters. The molecule has 2 aromatic heterocycles. The second kappa shape index (κ2) is 8.77. The number of halogens is 1. The Morgan fingerprint density at radius 3 is 2.74 bits per heavy atom. The van der Waals surface area contributed by atoms with E-state index in [1.807, 2.05) is 30.3 Å². The minimum atomic E-state index is -0.436. The highest BCUT2D eigenvalue weighted by Gasteiger charge is 2.16. The molecule has 1 N–H and O–H groups in total. The van der Waals surface area contributed by atoms with Crippen molar-refractivity contribution in [1.29, 1.82) is 5.26 Å². The number of hydrogen-bond donors (Lipinski definition) is 1. The van der Waals surface area contributed by atoms with E-state index in [1.54, 1.807) is 36.4 Å². The lowest BCUT2D eigenvalue weighted by atomic mass is 10.2. The smallest absolute Gasteiger partial charge is 0.263 e. The monoisotopic (exact) mass is 475 g/mol. The fraction of sp³-hybridized carbons (Fsp3) is 0.0455. The van der Waals surface area contributed by atoms with E-state index in [9.17, 15) is 9.59 Å². The van der Waals surface area contributed by atoms with Crippen molar-refractivity contribution in [2.24, 2.45) is 0 Å². The highest BCUT2D eigenvalue weighted by Crippen LogP contribution is 2.22. The van der Waals surface area contributed by atoms with Crippen LogP contribution in [0.3, 0.4) is 0 Å². The highest BCUT2D eigenvalue weighted by atomic mass is 79.9. The quantitative estimate of drug-likeness (QED) is 0.468. The molecule has 1 amide bonds. The van der Waals surface area contributed by atoms with E-state index in [1.165, 1.54) is 10.8 Å². The molecular formula is C22H14BrN5O3. The van der Waals surface area contributed by atoms with Crippen LogP contribution in [0.1, 0.15) is 5.56 Å². The first-order valence-corrected chi connectivity index (χ1v) is 9.92. The summed E-state index contributed by atoms with van der Waals surface area (Å²) in [5.41, 5.74) is 1.40. The Hall–Kier alpha value is -4.03. The number of nitrogens with one attached hydrogen (secondary N) is 1. The molecule has 8 nitrogen and oxygen atoms in total. The van der Waals surface area contributed by atoms with Gasteiger partial charge in [0, 0.05) is 21.9 Å². The van der Waals surface area contributed by atoms with Gasteiger partial charge in [0.15, 0.2) is 0 Å². The predicted molar refractivity (Wildman–Crippen MR) is 117 cm³/mol. The van der Waals surface area contributed by atoms with Crippen LogP contribution < -0.4 is 10.9 Å². The zero-order valence-electron chi connectivity index (χ0n) is 15.9. The number of amides is 1. The molecule has 0 fully saturated rings. The maximum absolute atomic E-state index is 12.9. The van der Waals surface area contributed by atoms with Crippen molar-refractivity contribution in [2.75, 3.05) is 5.32 Å². The summed E-state index contributed by atoms with van der Waals surface area (Å²) in [4.78, 5) is 29.6. The zero-order chi connectivity index (χ0) is 21.8. The normalized spacial score (nSPS) is 10.5. The van der Waals surface area contributed by atoms with Gasteiger partial charge in [0.05, 0.1) is 11.6 Å². The summed E-state index contributed by atoms with van der Waals surface area (Å²) in [6.45, 7) is -0.211. The number of nitriles is 1. The maximum atomic E-state index is 12.9. The molecule has 0 unspecified atom stereocenters. The second-order valence-electron chi connectivity index (χ2n) is 6.53. The molecule has 4 aromatic rings. The van der Waals surface area contributed by atoms with Crippen LogP contribution in [0, 0.1) is 11.3 Å². The molecule has 0 bridgehead atoms. The summed E-state index contributed by atoms with van der Waals surface area (Å²) in [6, 6.07) is 19.1. The second-order valence-corrected chi connectivity index (χ2v) is 7.44. The molecule has 152 valence electrons. The van der Waals surface area contributed by atoms with Crippen LogP contribution in [0.25, 0.3) is 22.8 Å². The van der Waals surface area contributed by atoms with Gasteiger partial charge in [0.1, 0.15) is 12.1 Å². The van der Waals surface area contributed by atoms with Crippen molar-refractivity contribution in [2.45, 2.75) is 6.54 Å². The first-order chi connectivity index (χ1) is 15.0. The highest BCUT2D eigenvalue weighted by molar-refractivity contribution is 9.10. The topological polar surface area (TPSA) is 114 Å². The number of benzene rings is 2. The number of carbonyl (C=O) groups excluding carboxylic acids is 1. The largest absolute Gasteiger partial charge is 0.333 e. The van der Waals surface area contributed by atoms with Crippen LogP contribution in [0.15, 0.2) is 80.7 Å². The summed E-state index contributed by atoms with van der Waals surface area (Å²) in [5.74, 6) is 0.0160. The average molecular weight is 476 g/mol. The van der Waals surface area contributed by atoms with Gasteiger partial charge in [-0.05, 0) is 54.6 Å². The van der Waals surface area contributed by atoms with Crippen LogP contribution in [0.4, 0.5) is 5.69 Å². The van der Waals surface area contributed by atoms with E-state index in [-0.39, 0.29) is 18.0 Å². The number of aromatic nitrogens is 3. The molecular weight excluding hydrogens is 462 g/mol. The van der Waals surface area contributed by atoms with E-state index in [4.69, 9.17) is 9.78 Å². The summed E-state index contributed by atoms with van der Waals surface area (Å²) in [5, 5.41) is 15.6. The van der Waals surface area contributed by atoms with Gasteiger partial charge in [-0.25, -0.2) is 0 Å². The first-order valence-electron chi connectivity index (χ1n) is 9.13. The maximum Gasteiger partial charge on any atom is 0.263 e. The number of nitrogens with zero attached hydrogens (tertiary/aromatic N) is 4. The van der Waals surface area contributed by atoms with Gasteiger partial charge in [-0.15, -0.1) is 0 Å². The Balaban J connectivity index is 1.55. The number of hydrogen-bond acceptors (Lipinski definition) is 6. The van der Waals surface area contributed by atoms with Gasteiger partial charge in [0.25, 0.3) is 11.4 Å². The number of rotatable bonds is 5. The zero-order valence-corrected chi connectivity index (χ0v) is 17.5. The lowest BCUT2D eigenvalue weighted by Crippen LogP contribution is -2.28. The van der Waals surface area contributed by atoms with Gasteiger partial charge in [-0.1, -0.05) is 27.2 Å². The van der Waals surface area contributed by atoms with Gasteiger partial charge in [0.2, 0.25) is 11.7 Å². The fourth-order valence-electron chi connectivity index (χ4n) is 2.89. The minimum absolute atomic E-state index is 0.0689. The van der Waals surface area contributed by atoms with Crippen molar-refractivity contribution < 1.29 is 9.32 Å². The van der Waals surface area contributed by atoms with Crippen LogP contribution >= 0.6 is 15.9 Å².